The molecule has 7 nitrogen and oxygen atoms in total. The average molecular weight is 430 g/mol. The average Bonchev–Trinajstić information content (AvgIpc) is 3.14. The van der Waals surface area contributed by atoms with Gasteiger partial charge in [-0.2, -0.15) is 31.1 Å². The normalized spacial score (nSPS) is 11.9. The molecular formula is C17H12F6N6O. The lowest BCUT2D eigenvalue weighted by molar-refractivity contribution is -0.138. The number of carbonyl (C=O) groups is 1. The number of tetrazole rings is 1. The molecule has 0 unspecified atom stereocenters. The first-order valence-corrected chi connectivity index (χ1v) is 8.20. The van der Waals surface area contributed by atoms with Crippen molar-refractivity contribution in [3.63, 3.8) is 0 Å². The van der Waals surface area contributed by atoms with Crippen LogP contribution < -0.4 is 10.9 Å². The molecule has 0 atom stereocenters. The molecule has 3 aromatic rings. The minimum absolute atomic E-state index is 0.0689. The van der Waals surface area contributed by atoms with Gasteiger partial charge >= 0.3 is 12.4 Å². The molecule has 1 heterocycles. The Morgan fingerprint density at radius 3 is 2.23 bits per heavy atom. The topological polar surface area (TPSA) is 84.7 Å². The highest BCUT2D eigenvalue weighted by molar-refractivity contribution is 5.77. The summed E-state index contributed by atoms with van der Waals surface area (Å²) in [7, 11) is 0. The second kappa shape index (κ2) is 8.00. The zero-order chi connectivity index (χ0) is 21.9. The van der Waals surface area contributed by atoms with Crippen LogP contribution in [0.1, 0.15) is 11.1 Å². The van der Waals surface area contributed by atoms with E-state index in [1.54, 1.807) is 0 Å². The van der Waals surface area contributed by atoms with E-state index in [1.807, 2.05) is 0 Å². The van der Waals surface area contributed by atoms with Gasteiger partial charge in [0, 0.05) is 5.56 Å². The van der Waals surface area contributed by atoms with Crippen LogP contribution in [0.5, 0.6) is 0 Å². The fourth-order valence-electron chi connectivity index (χ4n) is 2.31. The van der Waals surface area contributed by atoms with Gasteiger partial charge in [0.2, 0.25) is 5.82 Å². The van der Waals surface area contributed by atoms with E-state index in [-0.39, 0.29) is 17.1 Å². The van der Waals surface area contributed by atoms with E-state index in [0.29, 0.717) is 0 Å². The van der Waals surface area contributed by atoms with Crippen LogP contribution in [-0.4, -0.2) is 26.1 Å². The number of benzene rings is 2. The molecule has 13 heteroatoms. The van der Waals surface area contributed by atoms with Gasteiger partial charge in [-0.15, -0.1) is 10.2 Å². The summed E-state index contributed by atoms with van der Waals surface area (Å²) in [5.41, 5.74) is 3.21. The molecule has 0 aliphatic rings. The zero-order valence-corrected chi connectivity index (χ0v) is 14.8. The molecule has 1 amide bonds. The van der Waals surface area contributed by atoms with E-state index in [9.17, 15) is 31.1 Å². The number of hydrogen-bond donors (Lipinski definition) is 2. The highest BCUT2D eigenvalue weighted by Gasteiger charge is 2.31. The molecule has 0 aliphatic carbocycles. The first-order chi connectivity index (χ1) is 14.0. The maximum absolute atomic E-state index is 12.8. The number of rotatable bonds is 5. The smallest absolute Gasteiger partial charge is 0.299 e. The maximum atomic E-state index is 12.8. The van der Waals surface area contributed by atoms with Gasteiger partial charge in [-0.25, -0.2) is 0 Å². The third-order valence-corrected chi connectivity index (χ3v) is 3.74. The standard InChI is InChI=1S/C17H12F6N6O/c18-16(19,20)11-4-6-13(7-5-11)24-25-14(30)9-29-27-15(26-28-29)10-2-1-3-12(8-10)17(21,22)23/h1-8,24H,9H2,(H,25,30). The number of anilines is 1. The monoisotopic (exact) mass is 430 g/mol. The molecule has 0 aliphatic heterocycles. The number of aromatic nitrogens is 4. The minimum atomic E-state index is -4.53. The summed E-state index contributed by atoms with van der Waals surface area (Å²) in [6.07, 6.45) is -9.01. The van der Waals surface area contributed by atoms with Crippen LogP contribution in [0.3, 0.4) is 0 Å². The van der Waals surface area contributed by atoms with Gasteiger partial charge in [0.25, 0.3) is 5.91 Å². The molecule has 0 spiro atoms. The Balaban J connectivity index is 1.59. The lowest BCUT2D eigenvalue weighted by Crippen LogP contribution is -2.33. The Morgan fingerprint density at radius 2 is 1.60 bits per heavy atom. The fraction of sp³-hybridized carbons (Fsp3) is 0.176. The number of nitrogens with one attached hydrogen (secondary N) is 2. The summed E-state index contributed by atoms with van der Waals surface area (Å²) in [5, 5.41) is 11.1. The number of alkyl halides is 6. The Hall–Kier alpha value is -3.64. The summed E-state index contributed by atoms with van der Waals surface area (Å²) in [6.45, 7) is -0.431. The van der Waals surface area contributed by atoms with Crippen LogP contribution in [-0.2, 0) is 23.7 Å². The number of carbonyl (C=O) groups excluding carboxylic acids is 1. The van der Waals surface area contributed by atoms with Crippen molar-refractivity contribution in [2.24, 2.45) is 0 Å². The van der Waals surface area contributed by atoms with Crippen LogP contribution in [0.2, 0.25) is 0 Å². The quantitative estimate of drug-likeness (QED) is 0.478. The Morgan fingerprint density at radius 1 is 0.933 bits per heavy atom. The fourth-order valence-corrected chi connectivity index (χ4v) is 2.31. The number of amides is 1. The van der Waals surface area contributed by atoms with Crippen molar-refractivity contribution in [2.45, 2.75) is 18.9 Å². The van der Waals surface area contributed by atoms with Gasteiger partial charge in [0.05, 0.1) is 16.8 Å². The van der Waals surface area contributed by atoms with Gasteiger partial charge in [0.1, 0.15) is 6.54 Å². The van der Waals surface area contributed by atoms with E-state index in [0.717, 1.165) is 41.2 Å². The number of nitrogens with zero attached hydrogens (tertiary/aromatic N) is 4. The van der Waals surface area contributed by atoms with E-state index >= 15 is 0 Å². The molecule has 0 saturated carbocycles. The first-order valence-electron chi connectivity index (χ1n) is 8.20. The second-order valence-electron chi connectivity index (χ2n) is 5.97. The Kier molecular flexibility index (Phi) is 5.62. The van der Waals surface area contributed by atoms with Gasteiger partial charge in [-0.1, -0.05) is 12.1 Å². The third-order valence-electron chi connectivity index (χ3n) is 3.74. The molecule has 0 radical (unpaired) electrons. The molecule has 158 valence electrons. The van der Waals surface area contributed by atoms with Crippen LogP contribution in [0.25, 0.3) is 11.4 Å². The molecule has 1 aromatic heterocycles. The van der Waals surface area contributed by atoms with Gasteiger partial charge in [-0.3, -0.25) is 15.6 Å². The van der Waals surface area contributed by atoms with Crippen molar-refractivity contribution in [3.8, 4) is 11.4 Å². The number of hydrogen-bond acceptors (Lipinski definition) is 5. The Bertz CT molecular complexity index is 1030. The highest BCUT2D eigenvalue weighted by atomic mass is 19.4. The maximum Gasteiger partial charge on any atom is 0.416 e. The lowest BCUT2D eigenvalue weighted by Gasteiger charge is -2.10. The van der Waals surface area contributed by atoms with E-state index < -0.39 is 35.9 Å². The van der Waals surface area contributed by atoms with Crippen LogP contribution in [0, 0.1) is 0 Å². The predicted octanol–water partition coefficient (Wildman–Crippen LogP) is 3.52. The van der Waals surface area contributed by atoms with E-state index in [4.69, 9.17) is 0 Å². The van der Waals surface area contributed by atoms with Crippen molar-refractivity contribution >= 4 is 11.6 Å². The molecule has 0 fully saturated rings. The molecule has 30 heavy (non-hydrogen) atoms. The van der Waals surface area contributed by atoms with Gasteiger partial charge in [-0.05, 0) is 41.6 Å². The molecule has 2 aromatic carbocycles. The number of hydrazine groups is 1. The minimum Gasteiger partial charge on any atom is -0.299 e. The lowest BCUT2D eigenvalue weighted by atomic mass is 10.1. The van der Waals surface area contributed by atoms with Crippen LogP contribution >= 0.6 is 0 Å². The van der Waals surface area contributed by atoms with Crippen molar-refractivity contribution in [3.05, 3.63) is 59.7 Å². The van der Waals surface area contributed by atoms with Crippen molar-refractivity contribution in [2.75, 3.05) is 5.43 Å². The van der Waals surface area contributed by atoms with Crippen molar-refractivity contribution < 1.29 is 31.1 Å². The van der Waals surface area contributed by atoms with Crippen molar-refractivity contribution in [1.82, 2.24) is 25.6 Å². The summed E-state index contributed by atoms with van der Waals surface area (Å²) < 4.78 is 75.9. The SMILES string of the molecule is O=C(Cn1nnc(-c2cccc(C(F)(F)F)c2)n1)NNc1ccc(C(F)(F)F)cc1. The first kappa shape index (κ1) is 21.1. The second-order valence-corrected chi connectivity index (χ2v) is 5.97. The van der Waals surface area contributed by atoms with Crippen LogP contribution in [0.15, 0.2) is 48.5 Å². The Labute approximate surface area is 164 Å². The molecule has 2 N–H and O–H groups in total. The number of halogens is 6. The zero-order valence-electron chi connectivity index (χ0n) is 14.8. The summed E-state index contributed by atoms with van der Waals surface area (Å²) in [5.74, 6) is -0.771. The summed E-state index contributed by atoms with van der Waals surface area (Å²) >= 11 is 0. The summed E-state index contributed by atoms with van der Waals surface area (Å²) in [4.78, 5) is 12.8. The third kappa shape index (κ3) is 5.24. The largest absolute Gasteiger partial charge is 0.416 e. The predicted molar refractivity (Wildman–Crippen MR) is 91.5 cm³/mol. The van der Waals surface area contributed by atoms with Crippen LogP contribution in [0.4, 0.5) is 32.0 Å². The van der Waals surface area contributed by atoms with Crippen molar-refractivity contribution in [1.29, 1.82) is 0 Å². The molecule has 3 rings (SSSR count). The van der Waals surface area contributed by atoms with Gasteiger partial charge < -0.3 is 0 Å². The van der Waals surface area contributed by atoms with E-state index in [2.05, 4.69) is 26.3 Å². The summed E-state index contributed by atoms with van der Waals surface area (Å²) in [6, 6.07) is 8.25. The highest BCUT2D eigenvalue weighted by Crippen LogP contribution is 2.31. The molecule has 0 saturated heterocycles. The molecular weight excluding hydrogens is 418 g/mol. The van der Waals surface area contributed by atoms with Gasteiger partial charge in [0.15, 0.2) is 0 Å². The van der Waals surface area contributed by atoms with E-state index in [1.165, 1.54) is 12.1 Å². The molecule has 0 bridgehead atoms.